The predicted octanol–water partition coefficient (Wildman–Crippen LogP) is 2.51. The van der Waals surface area contributed by atoms with Crippen molar-refractivity contribution >= 4 is 29.5 Å². The van der Waals surface area contributed by atoms with Gasteiger partial charge in [0.05, 0.1) is 18.8 Å². The Bertz CT molecular complexity index is 1360. The SMILES string of the molecule is CCCCCCCCOc1ccc(NC(=O)C(NC(=O)[C@]2(O)C[C@@H](O)C(O)[C@H](OC(=O)/C=C/c3ccc(O)c(O)c3)C2)C(C)O)cc1. The molecule has 1 aliphatic rings. The minimum Gasteiger partial charge on any atom is -0.504 e. The number of benzene rings is 2. The third kappa shape index (κ3) is 11.2. The molecule has 1 saturated carbocycles. The topological polar surface area (TPSA) is 215 Å². The Labute approximate surface area is 273 Å². The summed E-state index contributed by atoms with van der Waals surface area (Å²) in [6, 6.07) is 8.90. The molecule has 13 heteroatoms. The number of aliphatic hydroxyl groups is 4. The monoisotopic (exact) mass is 658 g/mol. The van der Waals surface area contributed by atoms with Crippen LogP contribution in [0.15, 0.2) is 48.5 Å². The molecule has 3 unspecified atom stereocenters. The fourth-order valence-corrected chi connectivity index (χ4v) is 5.15. The van der Waals surface area contributed by atoms with E-state index in [4.69, 9.17) is 9.47 Å². The van der Waals surface area contributed by atoms with Crippen molar-refractivity contribution in [1.82, 2.24) is 5.32 Å². The zero-order chi connectivity index (χ0) is 34.6. The van der Waals surface area contributed by atoms with E-state index in [9.17, 15) is 45.0 Å². The predicted molar refractivity (Wildman–Crippen MR) is 172 cm³/mol. The Hall–Kier alpha value is -4.17. The van der Waals surface area contributed by atoms with Crippen molar-refractivity contribution in [3.8, 4) is 17.2 Å². The van der Waals surface area contributed by atoms with Gasteiger partial charge in [0.15, 0.2) is 11.5 Å². The summed E-state index contributed by atoms with van der Waals surface area (Å²) in [5.41, 5.74) is -1.66. The zero-order valence-electron chi connectivity index (χ0n) is 26.7. The molecule has 8 N–H and O–H groups in total. The van der Waals surface area contributed by atoms with E-state index in [0.29, 0.717) is 23.6 Å². The second-order valence-electron chi connectivity index (χ2n) is 11.9. The van der Waals surface area contributed by atoms with Crippen LogP contribution in [-0.4, -0.2) is 91.1 Å². The van der Waals surface area contributed by atoms with Crippen molar-refractivity contribution in [1.29, 1.82) is 0 Å². The number of esters is 1. The third-order valence-corrected chi connectivity index (χ3v) is 7.90. The fourth-order valence-electron chi connectivity index (χ4n) is 5.15. The molecule has 3 rings (SSSR count). The number of ether oxygens (including phenoxy) is 2. The summed E-state index contributed by atoms with van der Waals surface area (Å²) in [5.74, 6) is -3.02. The second kappa shape index (κ2) is 17.7. The minimum absolute atomic E-state index is 0.340. The van der Waals surface area contributed by atoms with Crippen LogP contribution in [0.4, 0.5) is 5.69 Å². The summed E-state index contributed by atoms with van der Waals surface area (Å²) in [5, 5.41) is 66.2. The lowest BCUT2D eigenvalue weighted by atomic mass is 9.78. The Morgan fingerprint density at radius 1 is 0.979 bits per heavy atom. The van der Waals surface area contributed by atoms with Gasteiger partial charge >= 0.3 is 5.97 Å². The first-order valence-corrected chi connectivity index (χ1v) is 15.8. The molecule has 0 heterocycles. The van der Waals surface area contributed by atoms with Gasteiger partial charge in [-0.25, -0.2) is 4.79 Å². The van der Waals surface area contributed by atoms with Gasteiger partial charge in [-0.1, -0.05) is 45.1 Å². The Morgan fingerprint density at radius 2 is 1.66 bits per heavy atom. The van der Waals surface area contributed by atoms with E-state index in [0.717, 1.165) is 18.9 Å². The summed E-state index contributed by atoms with van der Waals surface area (Å²) in [7, 11) is 0. The molecule has 47 heavy (non-hydrogen) atoms. The molecular formula is C34H46N2O11. The van der Waals surface area contributed by atoms with E-state index in [2.05, 4.69) is 17.6 Å². The van der Waals surface area contributed by atoms with Gasteiger partial charge in [-0.05, 0) is 61.4 Å². The number of carbonyl (C=O) groups is 3. The number of nitrogens with one attached hydrogen (secondary N) is 2. The normalized spacial score (nSPS) is 22.3. The van der Waals surface area contributed by atoms with Crippen LogP contribution >= 0.6 is 0 Å². The number of hydrogen-bond acceptors (Lipinski definition) is 11. The number of carbonyl (C=O) groups excluding carboxylic acids is 3. The number of hydrogen-bond donors (Lipinski definition) is 8. The van der Waals surface area contributed by atoms with E-state index in [-0.39, 0.29) is 5.75 Å². The smallest absolute Gasteiger partial charge is 0.331 e. The van der Waals surface area contributed by atoms with E-state index < -0.39 is 72.4 Å². The van der Waals surface area contributed by atoms with Crippen molar-refractivity contribution < 1.29 is 54.5 Å². The summed E-state index contributed by atoms with van der Waals surface area (Å²) in [6.45, 7) is 4.02. The highest BCUT2D eigenvalue weighted by Crippen LogP contribution is 2.32. The number of amides is 2. The quantitative estimate of drug-likeness (QED) is 0.0568. The maximum Gasteiger partial charge on any atom is 0.331 e. The second-order valence-corrected chi connectivity index (χ2v) is 11.9. The van der Waals surface area contributed by atoms with E-state index >= 15 is 0 Å². The van der Waals surface area contributed by atoms with Gasteiger partial charge in [-0.3, -0.25) is 9.59 Å². The minimum atomic E-state index is -2.38. The van der Waals surface area contributed by atoms with Crippen molar-refractivity contribution in [2.45, 2.75) is 101 Å². The lowest BCUT2D eigenvalue weighted by Gasteiger charge is -2.41. The van der Waals surface area contributed by atoms with Crippen molar-refractivity contribution in [3.63, 3.8) is 0 Å². The summed E-state index contributed by atoms with van der Waals surface area (Å²) >= 11 is 0. The summed E-state index contributed by atoms with van der Waals surface area (Å²) < 4.78 is 11.0. The van der Waals surface area contributed by atoms with Gasteiger partial charge in [0.25, 0.3) is 5.91 Å². The molecule has 0 aromatic heterocycles. The number of rotatable bonds is 16. The molecule has 0 radical (unpaired) electrons. The van der Waals surface area contributed by atoms with Crippen LogP contribution in [0.5, 0.6) is 17.2 Å². The van der Waals surface area contributed by atoms with Gasteiger partial charge in [0, 0.05) is 24.6 Å². The molecule has 0 saturated heterocycles. The molecular weight excluding hydrogens is 612 g/mol. The number of phenols is 2. The van der Waals surface area contributed by atoms with Crippen LogP contribution in [0.1, 0.15) is 70.8 Å². The van der Waals surface area contributed by atoms with Crippen LogP contribution in [0.2, 0.25) is 0 Å². The molecule has 2 amide bonds. The van der Waals surface area contributed by atoms with Crippen LogP contribution in [0, 0.1) is 0 Å². The Balaban J connectivity index is 1.57. The molecule has 13 nitrogen and oxygen atoms in total. The first-order valence-electron chi connectivity index (χ1n) is 15.8. The average Bonchev–Trinajstić information content (AvgIpc) is 3.02. The number of phenolic OH excluding ortho intramolecular Hbond substituents is 2. The number of aromatic hydroxyl groups is 2. The number of anilines is 1. The maximum absolute atomic E-state index is 13.2. The third-order valence-electron chi connectivity index (χ3n) is 7.90. The molecule has 1 aliphatic carbocycles. The summed E-state index contributed by atoms with van der Waals surface area (Å²) in [6.07, 6.45) is 1.60. The average molecular weight is 659 g/mol. The van der Waals surface area contributed by atoms with Gasteiger partial charge in [-0.2, -0.15) is 0 Å². The molecule has 0 aliphatic heterocycles. The highest BCUT2D eigenvalue weighted by molar-refractivity contribution is 5.99. The van der Waals surface area contributed by atoms with Crippen LogP contribution < -0.4 is 15.4 Å². The fraction of sp³-hybridized carbons (Fsp3) is 0.500. The molecule has 2 aromatic carbocycles. The van der Waals surface area contributed by atoms with Crippen molar-refractivity contribution in [2.24, 2.45) is 0 Å². The lowest BCUT2D eigenvalue weighted by molar-refractivity contribution is -0.187. The Kier molecular flexibility index (Phi) is 14.0. The van der Waals surface area contributed by atoms with Gasteiger partial charge < -0.3 is 50.7 Å². The van der Waals surface area contributed by atoms with Crippen LogP contribution in [0.3, 0.4) is 0 Å². The van der Waals surface area contributed by atoms with Crippen molar-refractivity contribution in [2.75, 3.05) is 11.9 Å². The lowest BCUT2D eigenvalue weighted by Crippen LogP contribution is -2.62. The van der Waals surface area contributed by atoms with Crippen molar-refractivity contribution in [3.05, 3.63) is 54.1 Å². The number of unbranched alkanes of at least 4 members (excludes halogenated alkanes) is 5. The van der Waals surface area contributed by atoms with E-state index in [1.165, 1.54) is 56.9 Å². The number of aliphatic hydroxyl groups excluding tert-OH is 3. The van der Waals surface area contributed by atoms with E-state index in [1.807, 2.05) is 0 Å². The molecule has 0 bridgehead atoms. The largest absolute Gasteiger partial charge is 0.504 e. The molecule has 0 spiro atoms. The molecule has 1 fully saturated rings. The van der Waals surface area contributed by atoms with Crippen LogP contribution in [0.25, 0.3) is 6.08 Å². The standard InChI is InChI=1S/C34H46N2O11/c1-3-4-5-6-7-8-17-46-24-13-11-23(12-14-24)35-32(43)30(21(2)37)36-33(44)34(45)19-27(40)31(42)28(20-34)47-29(41)16-10-22-9-15-25(38)26(39)18-22/h9-16,18,21,27-28,30-31,37-40,42,45H,3-8,17,19-20H2,1-2H3,(H,35,43)(H,36,44)/b16-10+/t21?,27-,28-,30?,31?,34+/m1/s1. The molecule has 258 valence electrons. The summed E-state index contributed by atoms with van der Waals surface area (Å²) in [4.78, 5) is 38.7. The van der Waals surface area contributed by atoms with Gasteiger partial charge in [-0.15, -0.1) is 0 Å². The zero-order valence-corrected chi connectivity index (χ0v) is 26.7. The first kappa shape index (κ1) is 37.3. The first-order chi connectivity index (χ1) is 22.3. The van der Waals surface area contributed by atoms with Gasteiger partial charge in [0.2, 0.25) is 5.91 Å². The van der Waals surface area contributed by atoms with Crippen LogP contribution in [-0.2, 0) is 19.1 Å². The van der Waals surface area contributed by atoms with E-state index in [1.54, 1.807) is 24.3 Å². The Morgan fingerprint density at radius 3 is 2.32 bits per heavy atom. The van der Waals surface area contributed by atoms with Gasteiger partial charge in [0.1, 0.15) is 29.6 Å². The highest BCUT2D eigenvalue weighted by atomic mass is 16.6. The molecule has 2 aromatic rings. The maximum atomic E-state index is 13.2. The molecule has 6 atom stereocenters. The highest BCUT2D eigenvalue weighted by Gasteiger charge is 2.51.